The van der Waals surface area contributed by atoms with E-state index in [0.29, 0.717) is 29.9 Å². The summed E-state index contributed by atoms with van der Waals surface area (Å²) in [7, 11) is -3.62. The Bertz CT molecular complexity index is 959. The van der Waals surface area contributed by atoms with E-state index >= 15 is 0 Å². The summed E-state index contributed by atoms with van der Waals surface area (Å²) in [5.74, 6) is -0.721. The highest BCUT2D eigenvalue weighted by atomic mass is 32.2. The summed E-state index contributed by atoms with van der Waals surface area (Å²) < 4.78 is 27.5. The molecule has 1 aliphatic carbocycles. The Morgan fingerprint density at radius 1 is 1.08 bits per heavy atom. The average Bonchev–Trinajstić information content (AvgIpc) is 3.46. The van der Waals surface area contributed by atoms with Gasteiger partial charge in [0, 0.05) is 30.1 Å². The summed E-state index contributed by atoms with van der Waals surface area (Å²) in [6, 6.07) is 6.27. The van der Waals surface area contributed by atoms with Crippen molar-refractivity contribution in [2.45, 2.75) is 49.3 Å². The standard InChI is InChI=1S/C19H22N2O4S/c22-19(23)16-12-18(13-5-6-13)20-17-8-7-14(11-15(16)17)26(24,25)21-9-3-1-2-4-10-21/h7-8,11-13H,1-6,9-10H2,(H,22,23). The summed E-state index contributed by atoms with van der Waals surface area (Å²) in [5.41, 5.74) is 1.46. The zero-order valence-corrected chi connectivity index (χ0v) is 15.3. The second-order valence-electron chi connectivity index (χ2n) is 7.17. The number of fused-ring (bicyclic) bond motifs is 1. The van der Waals surface area contributed by atoms with Crippen LogP contribution in [0.15, 0.2) is 29.2 Å². The second-order valence-corrected chi connectivity index (χ2v) is 9.11. The van der Waals surface area contributed by atoms with Gasteiger partial charge in [0.05, 0.1) is 16.0 Å². The van der Waals surface area contributed by atoms with E-state index in [-0.39, 0.29) is 10.5 Å². The minimum Gasteiger partial charge on any atom is -0.478 e. The number of benzene rings is 1. The third-order valence-corrected chi connectivity index (χ3v) is 7.12. The Morgan fingerprint density at radius 3 is 2.38 bits per heavy atom. The number of hydrogen-bond donors (Lipinski definition) is 1. The highest BCUT2D eigenvalue weighted by Crippen LogP contribution is 2.40. The molecule has 0 bridgehead atoms. The zero-order valence-electron chi connectivity index (χ0n) is 14.5. The molecule has 0 radical (unpaired) electrons. The molecule has 0 atom stereocenters. The number of rotatable bonds is 4. The van der Waals surface area contributed by atoms with Crippen molar-refractivity contribution < 1.29 is 18.3 Å². The molecule has 1 N–H and O–H groups in total. The van der Waals surface area contributed by atoms with Crippen LogP contribution < -0.4 is 0 Å². The molecule has 1 saturated heterocycles. The Balaban J connectivity index is 1.80. The normalized spacial score (nSPS) is 19.4. The van der Waals surface area contributed by atoms with Gasteiger partial charge in [-0.1, -0.05) is 12.8 Å². The highest BCUT2D eigenvalue weighted by molar-refractivity contribution is 7.89. The van der Waals surface area contributed by atoms with Crippen molar-refractivity contribution in [2.75, 3.05) is 13.1 Å². The van der Waals surface area contributed by atoms with Gasteiger partial charge in [-0.15, -0.1) is 0 Å². The molecule has 6 nitrogen and oxygen atoms in total. The van der Waals surface area contributed by atoms with E-state index in [4.69, 9.17) is 0 Å². The van der Waals surface area contributed by atoms with Crippen molar-refractivity contribution in [3.05, 3.63) is 35.5 Å². The van der Waals surface area contributed by atoms with E-state index < -0.39 is 16.0 Å². The van der Waals surface area contributed by atoms with E-state index in [1.54, 1.807) is 18.2 Å². The lowest BCUT2D eigenvalue weighted by molar-refractivity contribution is 0.0698. The van der Waals surface area contributed by atoms with Gasteiger partial charge in [0.1, 0.15) is 0 Å². The summed E-state index contributed by atoms with van der Waals surface area (Å²) in [6.45, 7) is 1.04. The van der Waals surface area contributed by atoms with Crippen LogP contribution in [0.1, 0.15) is 60.5 Å². The fourth-order valence-electron chi connectivity index (χ4n) is 3.58. The molecule has 2 heterocycles. The minimum absolute atomic E-state index is 0.129. The Labute approximate surface area is 152 Å². The Morgan fingerprint density at radius 2 is 1.77 bits per heavy atom. The lowest BCUT2D eigenvalue weighted by Crippen LogP contribution is -2.31. The quantitative estimate of drug-likeness (QED) is 0.886. The molecule has 138 valence electrons. The van der Waals surface area contributed by atoms with Gasteiger partial charge in [0.25, 0.3) is 0 Å². The van der Waals surface area contributed by atoms with Crippen molar-refractivity contribution in [1.82, 2.24) is 9.29 Å². The number of nitrogens with zero attached hydrogens (tertiary/aromatic N) is 2. The maximum atomic E-state index is 13.0. The summed E-state index contributed by atoms with van der Waals surface area (Å²) in [5, 5.41) is 9.99. The fourth-order valence-corrected chi connectivity index (χ4v) is 5.13. The minimum atomic E-state index is -3.62. The maximum Gasteiger partial charge on any atom is 0.336 e. The molecule has 2 aliphatic rings. The number of carbonyl (C=O) groups is 1. The number of carboxylic acids is 1. The van der Waals surface area contributed by atoms with E-state index in [2.05, 4.69) is 4.98 Å². The van der Waals surface area contributed by atoms with Crippen LogP contribution >= 0.6 is 0 Å². The smallest absolute Gasteiger partial charge is 0.336 e. The van der Waals surface area contributed by atoms with Gasteiger partial charge in [-0.2, -0.15) is 4.31 Å². The lowest BCUT2D eigenvalue weighted by atomic mass is 10.1. The van der Waals surface area contributed by atoms with Crippen LogP contribution in [0, 0.1) is 0 Å². The number of pyridine rings is 1. The Kier molecular flexibility index (Phi) is 4.44. The number of hydrogen-bond acceptors (Lipinski definition) is 4. The molecular formula is C19H22N2O4S. The molecule has 1 aromatic heterocycles. The number of carboxylic acid groups (broad SMARTS) is 1. The van der Waals surface area contributed by atoms with E-state index in [1.807, 2.05) is 0 Å². The largest absolute Gasteiger partial charge is 0.478 e. The fraction of sp³-hybridized carbons (Fsp3) is 0.474. The van der Waals surface area contributed by atoms with Crippen LogP contribution in [0.3, 0.4) is 0 Å². The highest BCUT2D eigenvalue weighted by Gasteiger charge is 2.29. The van der Waals surface area contributed by atoms with Crippen molar-refractivity contribution in [3.63, 3.8) is 0 Å². The number of sulfonamides is 1. The van der Waals surface area contributed by atoms with Crippen LogP contribution in [0.25, 0.3) is 10.9 Å². The van der Waals surface area contributed by atoms with Crippen molar-refractivity contribution >= 4 is 26.9 Å². The van der Waals surface area contributed by atoms with Crippen molar-refractivity contribution in [1.29, 1.82) is 0 Å². The monoisotopic (exact) mass is 374 g/mol. The average molecular weight is 374 g/mol. The molecule has 0 unspecified atom stereocenters. The lowest BCUT2D eigenvalue weighted by Gasteiger charge is -2.20. The predicted octanol–water partition coefficient (Wildman–Crippen LogP) is 3.38. The number of aromatic nitrogens is 1. The van der Waals surface area contributed by atoms with Gasteiger partial charge < -0.3 is 5.11 Å². The van der Waals surface area contributed by atoms with Crippen LogP contribution in [0.5, 0.6) is 0 Å². The first-order valence-electron chi connectivity index (χ1n) is 9.15. The third kappa shape index (κ3) is 3.21. The molecule has 2 fully saturated rings. The molecule has 1 aliphatic heterocycles. The molecular weight excluding hydrogens is 352 g/mol. The molecule has 0 spiro atoms. The molecule has 0 amide bonds. The van der Waals surface area contributed by atoms with Gasteiger partial charge in [-0.25, -0.2) is 13.2 Å². The maximum absolute atomic E-state index is 13.0. The Hall–Kier alpha value is -1.99. The predicted molar refractivity (Wildman–Crippen MR) is 97.9 cm³/mol. The van der Waals surface area contributed by atoms with Gasteiger partial charge >= 0.3 is 5.97 Å². The number of aromatic carboxylic acids is 1. The first-order chi connectivity index (χ1) is 12.5. The summed E-state index contributed by atoms with van der Waals surface area (Å²) >= 11 is 0. The molecule has 26 heavy (non-hydrogen) atoms. The van der Waals surface area contributed by atoms with E-state index in [1.165, 1.54) is 10.4 Å². The topological polar surface area (TPSA) is 87.6 Å². The second kappa shape index (κ2) is 6.63. The van der Waals surface area contributed by atoms with Crippen molar-refractivity contribution in [2.24, 2.45) is 0 Å². The van der Waals surface area contributed by atoms with Crippen LogP contribution in [-0.2, 0) is 10.0 Å². The van der Waals surface area contributed by atoms with E-state index in [9.17, 15) is 18.3 Å². The molecule has 1 saturated carbocycles. The van der Waals surface area contributed by atoms with Crippen molar-refractivity contribution in [3.8, 4) is 0 Å². The van der Waals surface area contributed by atoms with Crippen LogP contribution in [-0.4, -0.2) is 41.9 Å². The first-order valence-corrected chi connectivity index (χ1v) is 10.6. The first kappa shape index (κ1) is 17.4. The molecule has 4 rings (SSSR count). The van der Waals surface area contributed by atoms with E-state index in [0.717, 1.165) is 44.2 Å². The molecule has 7 heteroatoms. The molecule has 2 aromatic rings. The SMILES string of the molecule is O=C(O)c1cc(C2CC2)nc2ccc(S(=O)(=O)N3CCCCCC3)cc12. The van der Waals surface area contributed by atoms with Gasteiger partial charge in [0.2, 0.25) is 10.0 Å². The van der Waals surface area contributed by atoms with Crippen LogP contribution in [0.2, 0.25) is 0 Å². The van der Waals surface area contributed by atoms with Gasteiger partial charge in [-0.05, 0) is 49.9 Å². The third-order valence-electron chi connectivity index (χ3n) is 5.23. The van der Waals surface area contributed by atoms with Crippen LogP contribution in [0.4, 0.5) is 0 Å². The van der Waals surface area contributed by atoms with Gasteiger partial charge in [-0.3, -0.25) is 4.98 Å². The molecule has 1 aromatic carbocycles. The summed E-state index contributed by atoms with van der Waals surface area (Å²) in [6.07, 6.45) is 5.86. The van der Waals surface area contributed by atoms with Gasteiger partial charge in [0.15, 0.2) is 0 Å². The summed E-state index contributed by atoms with van der Waals surface area (Å²) in [4.78, 5) is 16.4. The zero-order chi connectivity index (χ0) is 18.3.